The smallest absolute Gasteiger partial charge is 0.246 e. The molecule has 0 radical (unpaired) electrons. The summed E-state index contributed by atoms with van der Waals surface area (Å²) in [6.45, 7) is 2.00. The van der Waals surface area contributed by atoms with Crippen LogP contribution in [0.15, 0.2) is 22.7 Å². The summed E-state index contributed by atoms with van der Waals surface area (Å²) in [6, 6.07) is 5.37. The molecule has 1 aromatic carbocycles. The number of aliphatic hydroxyl groups excluding tert-OH is 1. The summed E-state index contributed by atoms with van der Waals surface area (Å²) in [5.74, 6) is -0.607. The van der Waals surface area contributed by atoms with Gasteiger partial charge in [0.25, 0.3) is 0 Å². The number of imide groups is 1. The molecule has 1 aliphatic heterocycles. The number of rotatable bonds is 2. The highest BCUT2D eigenvalue weighted by atomic mass is 79.9. The third-order valence-electron chi connectivity index (χ3n) is 2.75. The first kappa shape index (κ1) is 13.0. The standard InChI is InChI=1S/C12H13BrN2O3/c1-7(16)9-3-2-8(4-10(9)13)15-5-11(17)14-12(18)6-15/h2-4,7,16H,5-6H2,1H3,(H,14,17,18). The summed E-state index contributed by atoms with van der Waals surface area (Å²) in [5, 5.41) is 11.8. The number of aliphatic hydroxyl groups is 1. The zero-order valence-corrected chi connectivity index (χ0v) is 11.4. The van der Waals surface area contributed by atoms with E-state index in [-0.39, 0.29) is 24.9 Å². The van der Waals surface area contributed by atoms with E-state index in [9.17, 15) is 14.7 Å². The van der Waals surface area contributed by atoms with Crippen molar-refractivity contribution in [3.05, 3.63) is 28.2 Å². The van der Waals surface area contributed by atoms with Crippen LogP contribution in [0.1, 0.15) is 18.6 Å². The Labute approximate surface area is 113 Å². The third-order valence-corrected chi connectivity index (χ3v) is 3.43. The summed E-state index contributed by atoms with van der Waals surface area (Å²) < 4.78 is 0.758. The van der Waals surface area contributed by atoms with Gasteiger partial charge in [0, 0.05) is 10.2 Å². The monoisotopic (exact) mass is 312 g/mol. The maximum Gasteiger partial charge on any atom is 0.246 e. The Morgan fingerprint density at radius 1 is 1.33 bits per heavy atom. The van der Waals surface area contributed by atoms with Crippen molar-refractivity contribution < 1.29 is 14.7 Å². The summed E-state index contributed by atoms with van der Waals surface area (Å²) in [4.78, 5) is 24.3. The van der Waals surface area contributed by atoms with Crippen LogP contribution >= 0.6 is 15.9 Å². The molecule has 0 aliphatic carbocycles. The Bertz CT molecular complexity index is 486. The van der Waals surface area contributed by atoms with Gasteiger partial charge in [0.1, 0.15) is 0 Å². The fourth-order valence-corrected chi connectivity index (χ4v) is 2.57. The molecule has 2 rings (SSSR count). The third kappa shape index (κ3) is 2.70. The van der Waals surface area contributed by atoms with Crippen LogP contribution in [0.3, 0.4) is 0 Å². The minimum absolute atomic E-state index is 0.159. The zero-order valence-electron chi connectivity index (χ0n) is 9.81. The Balaban J connectivity index is 2.26. The van der Waals surface area contributed by atoms with Gasteiger partial charge in [-0.25, -0.2) is 0 Å². The van der Waals surface area contributed by atoms with Crippen LogP contribution in [0.5, 0.6) is 0 Å². The SMILES string of the molecule is CC(O)c1ccc(N2CC(=O)NC(=O)C2)cc1Br. The molecule has 0 bridgehead atoms. The van der Waals surface area contributed by atoms with Gasteiger partial charge in [-0.3, -0.25) is 14.9 Å². The van der Waals surface area contributed by atoms with E-state index in [0.29, 0.717) is 0 Å². The van der Waals surface area contributed by atoms with Crippen molar-refractivity contribution in [2.45, 2.75) is 13.0 Å². The van der Waals surface area contributed by atoms with E-state index in [2.05, 4.69) is 21.2 Å². The largest absolute Gasteiger partial charge is 0.389 e. The second kappa shape index (κ2) is 5.07. The molecule has 6 heteroatoms. The molecule has 5 nitrogen and oxygen atoms in total. The van der Waals surface area contributed by atoms with E-state index < -0.39 is 6.10 Å². The molecule has 0 spiro atoms. The molecule has 0 saturated carbocycles. The van der Waals surface area contributed by atoms with Crippen LogP contribution in [0.25, 0.3) is 0 Å². The Hall–Kier alpha value is -1.40. The molecule has 2 N–H and O–H groups in total. The lowest BCUT2D eigenvalue weighted by Gasteiger charge is -2.27. The quantitative estimate of drug-likeness (QED) is 0.798. The summed E-state index contributed by atoms with van der Waals surface area (Å²) in [5.41, 5.74) is 1.54. The van der Waals surface area contributed by atoms with Gasteiger partial charge in [0.2, 0.25) is 11.8 Å². The highest BCUT2D eigenvalue weighted by molar-refractivity contribution is 9.10. The van der Waals surface area contributed by atoms with E-state index in [1.165, 1.54) is 0 Å². The maximum atomic E-state index is 11.3. The van der Waals surface area contributed by atoms with Crippen LogP contribution in [0, 0.1) is 0 Å². The number of hydrogen-bond donors (Lipinski definition) is 2. The van der Waals surface area contributed by atoms with Crippen molar-refractivity contribution in [3.8, 4) is 0 Å². The number of piperazine rings is 1. The van der Waals surface area contributed by atoms with E-state index in [1.54, 1.807) is 30.0 Å². The molecular weight excluding hydrogens is 300 g/mol. The Kier molecular flexibility index (Phi) is 3.68. The minimum Gasteiger partial charge on any atom is -0.389 e. The molecule has 0 aromatic heterocycles. The van der Waals surface area contributed by atoms with Crippen molar-refractivity contribution in [1.82, 2.24) is 5.32 Å². The first-order chi connectivity index (χ1) is 8.47. The maximum absolute atomic E-state index is 11.3. The van der Waals surface area contributed by atoms with Gasteiger partial charge >= 0.3 is 0 Å². The number of carbonyl (C=O) groups excluding carboxylic acids is 2. The summed E-state index contributed by atoms with van der Waals surface area (Å²) >= 11 is 3.37. The van der Waals surface area contributed by atoms with Crippen LogP contribution in [-0.2, 0) is 9.59 Å². The van der Waals surface area contributed by atoms with E-state index in [1.807, 2.05) is 0 Å². The van der Waals surface area contributed by atoms with Crippen molar-refractivity contribution in [2.75, 3.05) is 18.0 Å². The number of carbonyl (C=O) groups is 2. The molecule has 1 heterocycles. The molecule has 1 saturated heterocycles. The highest BCUT2D eigenvalue weighted by Gasteiger charge is 2.23. The van der Waals surface area contributed by atoms with Gasteiger partial charge in [-0.05, 0) is 24.6 Å². The fraction of sp³-hybridized carbons (Fsp3) is 0.333. The van der Waals surface area contributed by atoms with E-state index >= 15 is 0 Å². The average Bonchev–Trinajstić information content (AvgIpc) is 2.26. The van der Waals surface area contributed by atoms with Crippen molar-refractivity contribution in [3.63, 3.8) is 0 Å². The number of anilines is 1. The van der Waals surface area contributed by atoms with Crippen LogP contribution < -0.4 is 10.2 Å². The number of halogens is 1. The Morgan fingerprint density at radius 2 is 1.94 bits per heavy atom. The summed E-state index contributed by atoms with van der Waals surface area (Å²) in [6.07, 6.45) is -0.570. The second-order valence-electron chi connectivity index (χ2n) is 4.21. The molecule has 1 atom stereocenters. The molecule has 1 aromatic rings. The van der Waals surface area contributed by atoms with Gasteiger partial charge in [0.05, 0.1) is 19.2 Å². The number of nitrogens with zero attached hydrogens (tertiary/aromatic N) is 1. The minimum atomic E-state index is -0.570. The normalized spacial score (nSPS) is 17.6. The van der Waals surface area contributed by atoms with Crippen molar-refractivity contribution in [1.29, 1.82) is 0 Å². The van der Waals surface area contributed by atoms with Crippen LogP contribution in [0.2, 0.25) is 0 Å². The second-order valence-corrected chi connectivity index (χ2v) is 5.06. The van der Waals surface area contributed by atoms with E-state index in [0.717, 1.165) is 15.7 Å². The highest BCUT2D eigenvalue weighted by Crippen LogP contribution is 2.28. The number of benzene rings is 1. The lowest BCUT2D eigenvalue weighted by molar-refractivity contribution is -0.130. The summed E-state index contributed by atoms with van der Waals surface area (Å²) in [7, 11) is 0. The predicted octanol–water partition coefficient (Wildman–Crippen LogP) is 0.965. The lowest BCUT2D eigenvalue weighted by Crippen LogP contribution is -2.51. The predicted molar refractivity (Wildman–Crippen MR) is 70.1 cm³/mol. The van der Waals surface area contributed by atoms with Crippen molar-refractivity contribution in [2.24, 2.45) is 0 Å². The average molecular weight is 313 g/mol. The zero-order chi connectivity index (χ0) is 13.3. The van der Waals surface area contributed by atoms with Gasteiger partial charge in [-0.2, -0.15) is 0 Å². The lowest BCUT2D eigenvalue weighted by atomic mass is 10.1. The Morgan fingerprint density at radius 3 is 2.44 bits per heavy atom. The molecule has 96 valence electrons. The molecule has 1 aliphatic rings. The molecule has 18 heavy (non-hydrogen) atoms. The first-order valence-electron chi connectivity index (χ1n) is 5.52. The molecule has 2 amide bonds. The fourth-order valence-electron chi connectivity index (χ4n) is 1.87. The number of nitrogens with one attached hydrogen (secondary N) is 1. The van der Waals surface area contributed by atoms with Gasteiger partial charge in [-0.1, -0.05) is 22.0 Å². The first-order valence-corrected chi connectivity index (χ1v) is 6.32. The van der Waals surface area contributed by atoms with Crippen molar-refractivity contribution >= 4 is 33.4 Å². The van der Waals surface area contributed by atoms with E-state index in [4.69, 9.17) is 0 Å². The van der Waals surface area contributed by atoms with Gasteiger partial charge in [0.15, 0.2) is 0 Å². The topological polar surface area (TPSA) is 69.6 Å². The van der Waals surface area contributed by atoms with Gasteiger partial charge in [-0.15, -0.1) is 0 Å². The van der Waals surface area contributed by atoms with Crippen LogP contribution in [0.4, 0.5) is 5.69 Å². The number of amides is 2. The van der Waals surface area contributed by atoms with Gasteiger partial charge < -0.3 is 10.0 Å². The number of hydrogen-bond acceptors (Lipinski definition) is 4. The van der Waals surface area contributed by atoms with Crippen LogP contribution in [-0.4, -0.2) is 30.0 Å². The molecular formula is C12H13BrN2O3. The molecule has 1 unspecified atom stereocenters. The molecule has 1 fully saturated rings.